The van der Waals surface area contributed by atoms with Crippen LogP contribution >= 0.6 is 15.9 Å². The average molecular weight is 591 g/mol. The molecule has 0 bridgehead atoms. The van der Waals surface area contributed by atoms with Gasteiger partial charge in [0.05, 0.1) is 38.2 Å². The number of carbonyl (C=O) groups is 2. The van der Waals surface area contributed by atoms with Crippen LogP contribution in [0.5, 0.6) is 17.2 Å². The maximum atomic E-state index is 12.4. The summed E-state index contributed by atoms with van der Waals surface area (Å²) in [4.78, 5) is 24.5. The molecule has 204 valence electrons. The quantitative estimate of drug-likeness (QED) is 0.128. The molecule has 0 radical (unpaired) electrons. The van der Waals surface area contributed by atoms with E-state index in [2.05, 4.69) is 37.1 Å². The summed E-state index contributed by atoms with van der Waals surface area (Å²) in [6, 6.07) is 9.37. The van der Waals surface area contributed by atoms with Gasteiger partial charge in [-0.25, -0.2) is 9.59 Å². The van der Waals surface area contributed by atoms with E-state index in [0.29, 0.717) is 41.7 Å². The number of urea groups is 1. The molecule has 1 aliphatic rings. The number of allylic oxidation sites excluding steroid dienone is 1. The third-order valence-electron chi connectivity index (χ3n) is 5.37. The largest absolute Gasteiger partial charge is 0.493 e. The van der Waals surface area contributed by atoms with Crippen LogP contribution in [0.4, 0.5) is 4.79 Å². The molecular weight excluding hydrogens is 560 g/mol. The van der Waals surface area contributed by atoms with E-state index in [4.69, 9.17) is 18.9 Å². The predicted molar refractivity (Wildman–Crippen MR) is 144 cm³/mol. The number of rotatable bonds is 12. The highest BCUT2D eigenvalue weighted by atomic mass is 79.9. The van der Waals surface area contributed by atoms with Gasteiger partial charge in [-0.2, -0.15) is 5.10 Å². The number of benzene rings is 2. The monoisotopic (exact) mass is 590 g/mol. The zero-order valence-electron chi connectivity index (χ0n) is 21.5. The number of aliphatic hydroxyl groups excluding tert-OH is 1. The van der Waals surface area contributed by atoms with Crippen molar-refractivity contribution in [3.63, 3.8) is 0 Å². The molecule has 1 heterocycles. The average Bonchev–Trinajstić information content (AvgIpc) is 2.89. The summed E-state index contributed by atoms with van der Waals surface area (Å²) in [5.41, 5.74) is 4.62. The van der Waals surface area contributed by atoms with Crippen molar-refractivity contribution in [2.45, 2.75) is 33.0 Å². The first-order valence-corrected chi connectivity index (χ1v) is 12.7. The van der Waals surface area contributed by atoms with Crippen molar-refractivity contribution in [2.24, 2.45) is 5.10 Å². The standard InChI is InChI=1S/C26H31BrN4O7/c1-5-36-19-10-8-18(27)11-17(19)13-28-31-22(32)14-38-20-9-7-16(12-21(20)37-6-2)24-23(25(33)35-4)15(3)29-26(34)30-24/h7-13,22,24,31-32H,5-6,14H2,1-4H3,(H2,29,30,34)/b28-13-/t22-,24+/m0/s1. The summed E-state index contributed by atoms with van der Waals surface area (Å²) in [6.07, 6.45) is 0.421. The molecule has 12 heteroatoms. The predicted octanol–water partition coefficient (Wildman–Crippen LogP) is 3.37. The Morgan fingerprint density at radius 2 is 1.84 bits per heavy atom. The van der Waals surface area contributed by atoms with Crippen LogP contribution in [-0.4, -0.2) is 56.5 Å². The van der Waals surface area contributed by atoms with Crippen molar-refractivity contribution >= 4 is 34.1 Å². The topological polar surface area (TPSA) is 140 Å². The van der Waals surface area contributed by atoms with E-state index >= 15 is 0 Å². The molecule has 2 aromatic rings. The summed E-state index contributed by atoms with van der Waals surface area (Å²) in [5, 5.41) is 19.7. The number of nitrogens with one attached hydrogen (secondary N) is 3. The van der Waals surface area contributed by atoms with E-state index in [0.717, 1.165) is 10.0 Å². The van der Waals surface area contributed by atoms with Gasteiger partial charge in [0, 0.05) is 15.7 Å². The number of methoxy groups -OCH3 is 1. The van der Waals surface area contributed by atoms with Crippen molar-refractivity contribution in [2.75, 3.05) is 26.9 Å². The summed E-state index contributed by atoms with van der Waals surface area (Å²) >= 11 is 3.42. The van der Waals surface area contributed by atoms with E-state index in [1.54, 1.807) is 31.3 Å². The van der Waals surface area contributed by atoms with Gasteiger partial charge >= 0.3 is 12.0 Å². The highest BCUT2D eigenvalue weighted by molar-refractivity contribution is 9.10. The Balaban J connectivity index is 1.71. The molecule has 3 rings (SSSR count). The van der Waals surface area contributed by atoms with Crippen LogP contribution in [0.15, 0.2) is 57.2 Å². The van der Waals surface area contributed by atoms with Gasteiger partial charge in [0.2, 0.25) is 0 Å². The minimum Gasteiger partial charge on any atom is -0.493 e. The lowest BCUT2D eigenvalue weighted by Gasteiger charge is -2.28. The van der Waals surface area contributed by atoms with Gasteiger partial charge in [0.15, 0.2) is 17.7 Å². The summed E-state index contributed by atoms with van der Waals surface area (Å²) < 4.78 is 22.8. The minimum absolute atomic E-state index is 0.135. The fourth-order valence-corrected chi connectivity index (χ4v) is 4.10. The minimum atomic E-state index is -1.12. The fourth-order valence-electron chi connectivity index (χ4n) is 3.72. The number of ether oxygens (including phenoxy) is 4. The number of nitrogens with zero attached hydrogens (tertiary/aromatic N) is 1. The van der Waals surface area contributed by atoms with E-state index < -0.39 is 24.3 Å². The number of hydrogen-bond donors (Lipinski definition) is 4. The zero-order valence-corrected chi connectivity index (χ0v) is 23.1. The van der Waals surface area contributed by atoms with Gasteiger partial charge in [0.25, 0.3) is 0 Å². The van der Waals surface area contributed by atoms with Crippen LogP contribution in [0.2, 0.25) is 0 Å². The molecule has 0 saturated heterocycles. The normalized spacial score (nSPS) is 15.9. The molecule has 0 unspecified atom stereocenters. The van der Waals surface area contributed by atoms with Crippen molar-refractivity contribution in [3.05, 3.63) is 63.3 Å². The Hall–Kier alpha value is -3.77. The summed E-state index contributed by atoms with van der Waals surface area (Å²) in [6.45, 7) is 6.06. The van der Waals surface area contributed by atoms with Crippen LogP contribution in [0, 0.1) is 0 Å². The molecular formula is C26H31BrN4O7. The molecule has 1 aliphatic heterocycles. The van der Waals surface area contributed by atoms with Gasteiger partial charge in [-0.3, -0.25) is 5.43 Å². The summed E-state index contributed by atoms with van der Waals surface area (Å²) in [7, 11) is 1.28. The highest BCUT2D eigenvalue weighted by Crippen LogP contribution is 2.35. The lowest BCUT2D eigenvalue weighted by molar-refractivity contribution is -0.136. The highest BCUT2D eigenvalue weighted by Gasteiger charge is 2.32. The van der Waals surface area contributed by atoms with Crippen molar-refractivity contribution in [1.82, 2.24) is 16.1 Å². The lowest BCUT2D eigenvalue weighted by atomic mass is 9.95. The third-order valence-corrected chi connectivity index (χ3v) is 5.86. The van der Waals surface area contributed by atoms with Crippen LogP contribution in [-0.2, 0) is 9.53 Å². The van der Waals surface area contributed by atoms with E-state index in [-0.39, 0.29) is 12.2 Å². The smallest absolute Gasteiger partial charge is 0.337 e. The second-order valence-electron chi connectivity index (χ2n) is 8.03. The Labute approximate surface area is 229 Å². The molecule has 0 saturated carbocycles. The number of hydrogen-bond acceptors (Lipinski definition) is 9. The first-order chi connectivity index (χ1) is 18.3. The number of carbonyl (C=O) groups excluding carboxylic acids is 2. The Kier molecular flexibility index (Phi) is 10.4. The lowest BCUT2D eigenvalue weighted by Crippen LogP contribution is -2.45. The number of aliphatic hydroxyl groups is 1. The van der Waals surface area contributed by atoms with Crippen molar-refractivity contribution in [3.8, 4) is 17.2 Å². The number of hydrazone groups is 1. The van der Waals surface area contributed by atoms with Gasteiger partial charge in [-0.15, -0.1) is 0 Å². The van der Waals surface area contributed by atoms with Crippen LogP contribution < -0.4 is 30.3 Å². The molecule has 2 aromatic carbocycles. The van der Waals surface area contributed by atoms with Crippen LogP contribution in [0.3, 0.4) is 0 Å². The third kappa shape index (κ3) is 7.39. The van der Waals surface area contributed by atoms with E-state index in [9.17, 15) is 14.7 Å². The second-order valence-corrected chi connectivity index (χ2v) is 8.95. The zero-order chi connectivity index (χ0) is 27.7. The molecule has 0 aromatic heterocycles. The number of halogens is 1. The molecule has 2 amide bonds. The summed E-state index contributed by atoms with van der Waals surface area (Å²) in [5.74, 6) is 0.848. The van der Waals surface area contributed by atoms with E-state index in [1.807, 2.05) is 32.0 Å². The Morgan fingerprint density at radius 3 is 2.55 bits per heavy atom. The van der Waals surface area contributed by atoms with Crippen LogP contribution in [0.25, 0.3) is 0 Å². The maximum Gasteiger partial charge on any atom is 0.337 e. The molecule has 0 aliphatic carbocycles. The molecule has 0 fully saturated rings. The van der Waals surface area contributed by atoms with Gasteiger partial charge in [0.1, 0.15) is 12.4 Å². The van der Waals surface area contributed by atoms with Gasteiger partial charge in [-0.1, -0.05) is 22.0 Å². The van der Waals surface area contributed by atoms with Crippen LogP contribution in [0.1, 0.15) is 37.9 Å². The second kappa shape index (κ2) is 13.7. The SMILES string of the molecule is CCOc1ccc(Br)cc1/C=N\N[C@@H](O)COc1ccc([C@H]2NC(=O)NC(C)=C2C(=O)OC)cc1OCC. The first kappa shape index (κ1) is 28.8. The first-order valence-electron chi connectivity index (χ1n) is 11.9. The number of amides is 2. The molecule has 11 nitrogen and oxygen atoms in total. The molecule has 4 N–H and O–H groups in total. The fraction of sp³-hybridized carbons (Fsp3) is 0.346. The van der Waals surface area contributed by atoms with Crippen molar-refractivity contribution < 1.29 is 33.6 Å². The number of esters is 1. The molecule has 0 spiro atoms. The Morgan fingerprint density at radius 1 is 1.13 bits per heavy atom. The van der Waals surface area contributed by atoms with Crippen molar-refractivity contribution in [1.29, 1.82) is 0 Å². The van der Waals surface area contributed by atoms with E-state index in [1.165, 1.54) is 7.11 Å². The maximum absolute atomic E-state index is 12.4. The van der Waals surface area contributed by atoms with Gasteiger partial charge < -0.3 is 34.7 Å². The van der Waals surface area contributed by atoms with Gasteiger partial charge in [-0.05, 0) is 56.7 Å². The Bertz CT molecular complexity index is 1220. The molecule has 38 heavy (non-hydrogen) atoms. The molecule has 2 atom stereocenters.